The molecule has 27 heavy (non-hydrogen) atoms. The summed E-state index contributed by atoms with van der Waals surface area (Å²) in [5.41, 5.74) is 1.62. The summed E-state index contributed by atoms with van der Waals surface area (Å²) in [6.07, 6.45) is 1.45. The molecule has 7 heteroatoms. The van der Waals surface area contributed by atoms with Gasteiger partial charge in [-0.1, -0.05) is 17.7 Å². The lowest BCUT2D eigenvalue weighted by Crippen LogP contribution is -2.13. The predicted molar refractivity (Wildman–Crippen MR) is 102 cm³/mol. The van der Waals surface area contributed by atoms with Gasteiger partial charge >= 0.3 is 5.97 Å². The second-order valence-electron chi connectivity index (χ2n) is 5.85. The lowest BCUT2D eigenvalue weighted by molar-refractivity contribution is 0.0693. The number of benzene rings is 2. The Hall–Kier alpha value is -3.19. The molecule has 0 bridgehead atoms. The topological polar surface area (TPSA) is 99.8 Å². The number of anilines is 1. The van der Waals surface area contributed by atoms with E-state index >= 15 is 0 Å². The first-order valence-electron chi connectivity index (χ1n) is 8.07. The van der Waals surface area contributed by atoms with E-state index in [-0.39, 0.29) is 5.56 Å². The second kappa shape index (κ2) is 8.01. The first-order chi connectivity index (χ1) is 12.9. The van der Waals surface area contributed by atoms with Gasteiger partial charge in [-0.25, -0.2) is 4.79 Å². The van der Waals surface area contributed by atoms with Gasteiger partial charge in [0.25, 0.3) is 5.91 Å². The SMILES string of the molecule is Cc1ccc(SCc2occc2C(=O)Nc2ccc(C(=O)O)c(O)c2)cc1. The Morgan fingerprint density at radius 3 is 2.48 bits per heavy atom. The van der Waals surface area contributed by atoms with Gasteiger partial charge in [-0.2, -0.15) is 0 Å². The Labute approximate surface area is 159 Å². The molecular weight excluding hydrogens is 366 g/mol. The molecule has 0 saturated carbocycles. The van der Waals surface area contributed by atoms with Crippen molar-refractivity contribution in [3.8, 4) is 5.75 Å². The molecule has 3 N–H and O–H groups in total. The summed E-state index contributed by atoms with van der Waals surface area (Å²) in [5.74, 6) is -1.03. The summed E-state index contributed by atoms with van der Waals surface area (Å²) in [5, 5.41) is 21.3. The standard InChI is InChI=1S/C20H17NO5S/c1-12-2-5-14(6-3-12)27-11-18-16(8-9-26-18)19(23)21-13-4-7-15(20(24)25)17(22)10-13/h2-10,22H,11H2,1H3,(H,21,23)(H,24,25). The molecule has 0 saturated heterocycles. The fourth-order valence-corrected chi connectivity index (χ4v) is 3.28. The number of amides is 1. The molecule has 0 radical (unpaired) electrons. The average Bonchev–Trinajstić information content (AvgIpc) is 3.10. The van der Waals surface area contributed by atoms with Crippen molar-refractivity contribution in [2.45, 2.75) is 17.6 Å². The highest BCUT2D eigenvalue weighted by atomic mass is 32.2. The molecule has 6 nitrogen and oxygen atoms in total. The number of aromatic hydroxyl groups is 1. The maximum atomic E-state index is 12.5. The molecule has 0 aliphatic heterocycles. The smallest absolute Gasteiger partial charge is 0.339 e. The Bertz CT molecular complexity index is 978. The average molecular weight is 383 g/mol. The van der Waals surface area contributed by atoms with Crippen molar-refractivity contribution in [2.24, 2.45) is 0 Å². The Morgan fingerprint density at radius 1 is 1.07 bits per heavy atom. The number of hydrogen-bond acceptors (Lipinski definition) is 5. The van der Waals surface area contributed by atoms with E-state index in [0.717, 1.165) is 4.90 Å². The third-order valence-electron chi connectivity index (χ3n) is 3.87. The van der Waals surface area contributed by atoms with Gasteiger partial charge in [0.2, 0.25) is 0 Å². The molecule has 1 heterocycles. The number of carboxylic acids is 1. The van der Waals surface area contributed by atoms with Crippen molar-refractivity contribution in [1.82, 2.24) is 0 Å². The lowest BCUT2D eigenvalue weighted by atomic mass is 10.1. The first-order valence-corrected chi connectivity index (χ1v) is 9.06. The van der Waals surface area contributed by atoms with E-state index in [4.69, 9.17) is 9.52 Å². The minimum absolute atomic E-state index is 0.230. The van der Waals surface area contributed by atoms with Crippen molar-refractivity contribution in [3.05, 3.63) is 77.2 Å². The molecule has 0 atom stereocenters. The first kappa shape index (κ1) is 18.6. The molecular formula is C20H17NO5S. The van der Waals surface area contributed by atoms with E-state index in [9.17, 15) is 14.7 Å². The number of hydrogen-bond donors (Lipinski definition) is 3. The van der Waals surface area contributed by atoms with Crippen molar-refractivity contribution < 1.29 is 24.2 Å². The number of nitrogens with one attached hydrogen (secondary N) is 1. The van der Waals surface area contributed by atoms with Crippen LogP contribution in [0.3, 0.4) is 0 Å². The zero-order chi connectivity index (χ0) is 19.4. The minimum atomic E-state index is -1.24. The summed E-state index contributed by atoms with van der Waals surface area (Å²) >= 11 is 1.55. The van der Waals surface area contributed by atoms with Crippen LogP contribution >= 0.6 is 11.8 Å². The molecule has 2 aromatic carbocycles. The number of phenols is 1. The predicted octanol–water partition coefficient (Wildman–Crippen LogP) is 4.54. The maximum Gasteiger partial charge on any atom is 0.339 e. The van der Waals surface area contributed by atoms with E-state index in [1.807, 2.05) is 31.2 Å². The van der Waals surface area contributed by atoms with Gasteiger partial charge in [0.1, 0.15) is 17.1 Å². The van der Waals surface area contributed by atoms with Crippen LogP contribution in [0.1, 0.15) is 32.0 Å². The monoisotopic (exact) mass is 383 g/mol. The number of aryl methyl sites for hydroxylation is 1. The zero-order valence-corrected chi connectivity index (χ0v) is 15.2. The number of aromatic carboxylic acids is 1. The minimum Gasteiger partial charge on any atom is -0.507 e. The van der Waals surface area contributed by atoms with E-state index in [0.29, 0.717) is 22.8 Å². The van der Waals surface area contributed by atoms with E-state index in [1.54, 1.807) is 17.8 Å². The van der Waals surface area contributed by atoms with Crippen LogP contribution in [-0.2, 0) is 5.75 Å². The summed E-state index contributed by atoms with van der Waals surface area (Å²) in [7, 11) is 0. The number of rotatable bonds is 6. The summed E-state index contributed by atoms with van der Waals surface area (Å²) in [6, 6.07) is 13.5. The van der Waals surface area contributed by atoms with Gasteiger partial charge in [0.15, 0.2) is 0 Å². The molecule has 1 amide bonds. The van der Waals surface area contributed by atoms with Crippen LogP contribution < -0.4 is 5.32 Å². The summed E-state index contributed by atoms with van der Waals surface area (Å²) in [6.45, 7) is 2.02. The van der Waals surface area contributed by atoms with Gasteiger partial charge in [-0.3, -0.25) is 4.79 Å². The second-order valence-corrected chi connectivity index (χ2v) is 6.90. The van der Waals surface area contributed by atoms with E-state index in [1.165, 1.54) is 30.0 Å². The number of thioether (sulfide) groups is 1. The lowest BCUT2D eigenvalue weighted by Gasteiger charge is -2.07. The van der Waals surface area contributed by atoms with Crippen LogP contribution in [0.25, 0.3) is 0 Å². The van der Waals surface area contributed by atoms with Crippen LogP contribution in [0.2, 0.25) is 0 Å². The number of carbonyl (C=O) groups excluding carboxylic acids is 1. The van der Waals surface area contributed by atoms with E-state index in [2.05, 4.69) is 5.32 Å². The fraction of sp³-hybridized carbons (Fsp3) is 0.100. The highest BCUT2D eigenvalue weighted by Crippen LogP contribution is 2.27. The van der Waals surface area contributed by atoms with Crippen molar-refractivity contribution in [1.29, 1.82) is 0 Å². The summed E-state index contributed by atoms with van der Waals surface area (Å²) in [4.78, 5) is 24.5. The molecule has 1 aromatic heterocycles. The molecule has 3 aromatic rings. The summed E-state index contributed by atoms with van der Waals surface area (Å²) < 4.78 is 5.43. The zero-order valence-electron chi connectivity index (χ0n) is 14.4. The Morgan fingerprint density at radius 2 is 1.81 bits per heavy atom. The maximum absolute atomic E-state index is 12.5. The number of furan rings is 1. The van der Waals surface area contributed by atoms with Crippen LogP contribution in [0.15, 0.2) is 64.1 Å². The Balaban J connectivity index is 1.69. The number of carboxylic acid groups (broad SMARTS) is 1. The molecule has 0 fully saturated rings. The van der Waals surface area contributed by atoms with Crippen LogP contribution in [0.5, 0.6) is 5.75 Å². The van der Waals surface area contributed by atoms with Crippen molar-refractivity contribution >= 4 is 29.3 Å². The third kappa shape index (κ3) is 4.51. The molecule has 138 valence electrons. The van der Waals surface area contributed by atoms with Gasteiger partial charge in [-0.15, -0.1) is 11.8 Å². The molecule has 3 rings (SSSR count). The van der Waals surface area contributed by atoms with Crippen molar-refractivity contribution in [3.63, 3.8) is 0 Å². The van der Waals surface area contributed by atoms with Gasteiger partial charge < -0.3 is 19.9 Å². The molecule has 0 spiro atoms. The largest absolute Gasteiger partial charge is 0.507 e. The fourth-order valence-electron chi connectivity index (χ4n) is 2.43. The number of carbonyl (C=O) groups is 2. The van der Waals surface area contributed by atoms with Gasteiger partial charge in [0.05, 0.1) is 17.6 Å². The highest BCUT2D eigenvalue weighted by Gasteiger charge is 2.16. The van der Waals surface area contributed by atoms with Crippen LogP contribution in [0.4, 0.5) is 5.69 Å². The molecule has 0 aliphatic carbocycles. The third-order valence-corrected chi connectivity index (χ3v) is 4.88. The van der Waals surface area contributed by atoms with Gasteiger partial charge in [-0.05, 0) is 37.3 Å². The molecule has 0 aliphatic rings. The molecule has 0 unspecified atom stereocenters. The Kier molecular flexibility index (Phi) is 5.52. The quantitative estimate of drug-likeness (QED) is 0.541. The van der Waals surface area contributed by atoms with Crippen LogP contribution in [0, 0.1) is 6.92 Å². The van der Waals surface area contributed by atoms with Crippen molar-refractivity contribution in [2.75, 3.05) is 5.32 Å². The normalized spacial score (nSPS) is 10.6. The van der Waals surface area contributed by atoms with Crippen LogP contribution in [-0.4, -0.2) is 22.1 Å². The highest BCUT2D eigenvalue weighted by molar-refractivity contribution is 7.98. The van der Waals surface area contributed by atoms with Gasteiger partial charge in [0, 0.05) is 16.6 Å². The van der Waals surface area contributed by atoms with E-state index < -0.39 is 17.6 Å².